The van der Waals surface area contributed by atoms with Crippen molar-refractivity contribution < 1.29 is 9.13 Å². The number of benzene rings is 1. The summed E-state index contributed by atoms with van der Waals surface area (Å²) in [7, 11) is 0. The Balaban J connectivity index is 1.26. The summed E-state index contributed by atoms with van der Waals surface area (Å²) in [6.45, 7) is 6.20. The van der Waals surface area contributed by atoms with Crippen LogP contribution in [0.3, 0.4) is 0 Å². The van der Waals surface area contributed by atoms with Crippen molar-refractivity contribution in [2.24, 2.45) is 29.6 Å². The Morgan fingerprint density at radius 1 is 0.939 bits per heavy atom. The van der Waals surface area contributed by atoms with Gasteiger partial charge in [-0.05, 0) is 118 Å². The Hall–Kier alpha value is -1.77. The number of anilines is 1. The van der Waals surface area contributed by atoms with Gasteiger partial charge in [0.1, 0.15) is 0 Å². The van der Waals surface area contributed by atoms with Crippen LogP contribution in [0.15, 0.2) is 36.9 Å². The number of hydrogen-bond donors (Lipinski definition) is 1. The normalized spacial score (nSPS) is 32.4. The van der Waals surface area contributed by atoms with Gasteiger partial charge in [-0.25, -0.2) is 4.39 Å². The number of allylic oxidation sites excluding steroid dienone is 3. The lowest BCUT2D eigenvalue weighted by molar-refractivity contribution is 0.187. The Bertz CT molecular complexity index is 802. The van der Waals surface area contributed by atoms with Crippen LogP contribution < -0.4 is 10.5 Å². The van der Waals surface area contributed by atoms with Gasteiger partial charge in [0.25, 0.3) is 0 Å². The van der Waals surface area contributed by atoms with E-state index in [2.05, 4.69) is 24.8 Å². The maximum Gasteiger partial charge on any atom is 0.188 e. The second-order valence-electron chi connectivity index (χ2n) is 10.9. The molecular formula is C30H44FNO. The van der Waals surface area contributed by atoms with Gasteiger partial charge < -0.3 is 10.5 Å². The van der Waals surface area contributed by atoms with Crippen LogP contribution in [0, 0.1) is 35.4 Å². The fourth-order valence-corrected chi connectivity index (χ4v) is 6.98. The zero-order valence-electron chi connectivity index (χ0n) is 20.6. The third-order valence-electron chi connectivity index (χ3n) is 9.01. The van der Waals surface area contributed by atoms with E-state index >= 15 is 0 Å². The van der Waals surface area contributed by atoms with E-state index in [1.165, 1.54) is 64.2 Å². The Morgan fingerprint density at radius 3 is 2.09 bits per heavy atom. The van der Waals surface area contributed by atoms with Crippen molar-refractivity contribution in [3.63, 3.8) is 0 Å². The first-order valence-electron chi connectivity index (χ1n) is 13.6. The van der Waals surface area contributed by atoms with E-state index in [0.29, 0.717) is 18.2 Å². The molecule has 3 heteroatoms. The quantitative estimate of drug-likeness (QED) is 0.316. The predicted molar refractivity (Wildman–Crippen MR) is 137 cm³/mol. The van der Waals surface area contributed by atoms with Gasteiger partial charge in [0, 0.05) is 0 Å². The molecule has 4 rings (SSSR count). The fourth-order valence-electron chi connectivity index (χ4n) is 6.98. The van der Waals surface area contributed by atoms with Crippen LogP contribution >= 0.6 is 0 Å². The van der Waals surface area contributed by atoms with Crippen LogP contribution in [-0.2, 0) is 0 Å². The second kappa shape index (κ2) is 11.6. The van der Waals surface area contributed by atoms with Crippen LogP contribution in [0.1, 0.15) is 95.5 Å². The van der Waals surface area contributed by atoms with Crippen LogP contribution in [0.4, 0.5) is 10.1 Å². The number of hydrogen-bond acceptors (Lipinski definition) is 2. The highest BCUT2D eigenvalue weighted by Crippen LogP contribution is 2.46. The first-order valence-corrected chi connectivity index (χ1v) is 13.6. The molecule has 0 radical (unpaired) electrons. The molecule has 2 nitrogen and oxygen atoms in total. The molecule has 0 aliphatic heterocycles. The van der Waals surface area contributed by atoms with E-state index in [9.17, 15) is 4.39 Å². The van der Waals surface area contributed by atoms with E-state index < -0.39 is 0 Å². The minimum atomic E-state index is -0.382. The average molecular weight is 454 g/mol. The summed E-state index contributed by atoms with van der Waals surface area (Å²) in [4.78, 5) is 0. The number of rotatable bonds is 8. The van der Waals surface area contributed by atoms with Crippen molar-refractivity contribution >= 4 is 5.69 Å². The molecule has 3 aliphatic carbocycles. The summed E-state index contributed by atoms with van der Waals surface area (Å²) in [5, 5.41) is 0. The van der Waals surface area contributed by atoms with E-state index in [4.69, 9.17) is 10.5 Å². The Kier molecular flexibility index (Phi) is 8.55. The molecule has 182 valence electrons. The standard InChI is InChI=1S/C30H44FNO/c1-3-5-6-21-7-9-22(10-8-21)23-11-13-24(14-12-23)25-15-17-26(18-16-25)27-19-20-28(33-4-2)29(31)30(27)32/h3,11,13,19-26H,1,4-10,12,14-18,32H2,2H3. The molecule has 0 bridgehead atoms. The highest BCUT2D eigenvalue weighted by molar-refractivity contribution is 5.54. The summed E-state index contributed by atoms with van der Waals surface area (Å²) >= 11 is 0. The van der Waals surface area contributed by atoms with E-state index in [1.807, 2.05) is 13.0 Å². The third kappa shape index (κ3) is 5.84. The molecule has 1 aromatic rings. The number of ether oxygens (including phenoxy) is 1. The summed E-state index contributed by atoms with van der Waals surface area (Å²) < 4.78 is 19.9. The van der Waals surface area contributed by atoms with Crippen molar-refractivity contribution in [2.75, 3.05) is 12.3 Å². The van der Waals surface area contributed by atoms with Gasteiger partial charge in [-0.2, -0.15) is 0 Å². The molecule has 0 aromatic heterocycles. The van der Waals surface area contributed by atoms with Gasteiger partial charge in [-0.3, -0.25) is 0 Å². The van der Waals surface area contributed by atoms with Gasteiger partial charge in [0.2, 0.25) is 0 Å². The monoisotopic (exact) mass is 453 g/mol. The molecule has 2 saturated carbocycles. The minimum Gasteiger partial charge on any atom is -0.491 e. The average Bonchev–Trinajstić information content (AvgIpc) is 2.86. The first-order chi connectivity index (χ1) is 16.1. The maximum atomic E-state index is 14.6. The fraction of sp³-hybridized carbons (Fsp3) is 0.667. The molecule has 0 amide bonds. The zero-order chi connectivity index (χ0) is 23.2. The van der Waals surface area contributed by atoms with Crippen molar-refractivity contribution in [2.45, 2.75) is 89.9 Å². The zero-order valence-corrected chi connectivity index (χ0v) is 20.6. The SMILES string of the molecule is C=CCCC1CCC(C2C=CC(C3CCC(c4ccc(OCC)c(F)c4N)CC3)CC2)CC1. The lowest BCUT2D eigenvalue weighted by atomic mass is 9.67. The van der Waals surface area contributed by atoms with Crippen LogP contribution in [-0.4, -0.2) is 6.61 Å². The van der Waals surface area contributed by atoms with Crippen LogP contribution in [0.25, 0.3) is 0 Å². The van der Waals surface area contributed by atoms with E-state index in [-0.39, 0.29) is 11.6 Å². The second-order valence-corrected chi connectivity index (χ2v) is 10.9. The molecule has 33 heavy (non-hydrogen) atoms. The molecule has 1 aromatic carbocycles. The topological polar surface area (TPSA) is 35.2 Å². The van der Waals surface area contributed by atoms with Gasteiger partial charge in [0.05, 0.1) is 12.3 Å². The number of nitrogens with two attached hydrogens (primary N) is 1. The number of halogens is 1. The molecule has 0 spiro atoms. The molecule has 2 fully saturated rings. The molecule has 3 aliphatic rings. The van der Waals surface area contributed by atoms with Crippen molar-refractivity contribution in [3.8, 4) is 5.75 Å². The van der Waals surface area contributed by atoms with Gasteiger partial charge in [-0.15, -0.1) is 6.58 Å². The van der Waals surface area contributed by atoms with Crippen molar-refractivity contribution in [1.82, 2.24) is 0 Å². The minimum absolute atomic E-state index is 0.277. The van der Waals surface area contributed by atoms with Gasteiger partial charge in [0.15, 0.2) is 11.6 Å². The molecule has 2 N–H and O–H groups in total. The largest absolute Gasteiger partial charge is 0.491 e. The molecule has 0 saturated heterocycles. The number of nitrogen functional groups attached to an aromatic ring is 1. The molecule has 2 unspecified atom stereocenters. The van der Waals surface area contributed by atoms with Gasteiger partial charge >= 0.3 is 0 Å². The highest BCUT2D eigenvalue weighted by Gasteiger charge is 2.33. The lowest BCUT2D eigenvalue weighted by Crippen LogP contribution is -2.26. The summed E-state index contributed by atoms with van der Waals surface area (Å²) in [5.41, 5.74) is 7.45. The van der Waals surface area contributed by atoms with Crippen molar-refractivity contribution in [3.05, 3.63) is 48.3 Å². The van der Waals surface area contributed by atoms with Crippen LogP contribution in [0.5, 0.6) is 5.75 Å². The molecular weight excluding hydrogens is 409 g/mol. The highest BCUT2D eigenvalue weighted by atomic mass is 19.1. The van der Waals surface area contributed by atoms with Gasteiger partial charge in [-0.1, -0.05) is 37.1 Å². The van der Waals surface area contributed by atoms with E-state index in [1.54, 1.807) is 6.07 Å². The Labute approximate surface area is 200 Å². The Morgan fingerprint density at radius 2 is 1.55 bits per heavy atom. The molecule has 2 atom stereocenters. The maximum absolute atomic E-state index is 14.6. The summed E-state index contributed by atoms with van der Waals surface area (Å²) in [6.07, 6.45) is 22.9. The predicted octanol–water partition coefficient (Wildman–Crippen LogP) is 8.44. The third-order valence-corrected chi connectivity index (χ3v) is 9.01. The smallest absolute Gasteiger partial charge is 0.188 e. The molecule has 0 heterocycles. The summed E-state index contributed by atoms with van der Waals surface area (Å²) in [5.74, 6) is 4.45. The summed E-state index contributed by atoms with van der Waals surface area (Å²) in [6, 6.07) is 3.75. The lowest BCUT2D eigenvalue weighted by Gasteiger charge is -2.38. The van der Waals surface area contributed by atoms with Crippen LogP contribution in [0.2, 0.25) is 0 Å². The van der Waals surface area contributed by atoms with E-state index in [0.717, 1.165) is 48.0 Å². The first kappa shape index (κ1) is 24.4. The van der Waals surface area contributed by atoms with Crippen molar-refractivity contribution in [1.29, 1.82) is 0 Å².